The van der Waals surface area contributed by atoms with Crippen LogP contribution in [-0.4, -0.2) is 44.0 Å². The summed E-state index contributed by atoms with van der Waals surface area (Å²) >= 11 is 0. The van der Waals surface area contributed by atoms with Crippen LogP contribution in [0.1, 0.15) is 57.2 Å². The zero-order valence-corrected chi connectivity index (χ0v) is 19.9. The first-order valence-corrected chi connectivity index (χ1v) is 12.1. The molecule has 2 aromatic heterocycles. The molecular weight excluding hydrogens is 430 g/mol. The number of aromatic nitrogens is 4. The zero-order chi connectivity index (χ0) is 23.9. The molecule has 3 N–H and O–H groups in total. The quantitative estimate of drug-likeness (QED) is 0.297. The zero-order valence-electron chi connectivity index (χ0n) is 19.9. The molecule has 0 aliphatic heterocycles. The Morgan fingerprint density at radius 3 is 2.65 bits per heavy atom. The number of benzene rings is 2. The molecule has 180 valence electrons. The second kappa shape index (κ2) is 11.2. The Balaban J connectivity index is 1.66. The Morgan fingerprint density at radius 1 is 1.06 bits per heavy atom. The van der Waals surface area contributed by atoms with E-state index in [1.807, 2.05) is 18.2 Å². The van der Waals surface area contributed by atoms with Crippen molar-refractivity contribution in [2.75, 3.05) is 18.9 Å². The summed E-state index contributed by atoms with van der Waals surface area (Å²) in [7, 11) is 0. The number of hydrogen-bond acceptors (Lipinski definition) is 7. The fraction of sp³-hybridized carbons (Fsp3) is 0.423. The molecule has 4 rings (SSSR count). The van der Waals surface area contributed by atoms with Crippen molar-refractivity contribution in [3.8, 4) is 11.8 Å². The van der Waals surface area contributed by atoms with Crippen molar-refractivity contribution < 1.29 is 14.6 Å². The van der Waals surface area contributed by atoms with E-state index in [1.165, 1.54) is 0 Å². The molecule has 0 fully saturated rings. The van der Waals surface area contributed by atoms with Gasteiger partial charge in [-0.05, 0) is 29.9 Å². The Labute approximate surface area is 199 Å². The summed E-state index contributed by atoms with van der Waals surface area (Å²) in [5, 5.41) is 16.1. The molecule has 0 bridgehead atoms. The lowest BCUT2D eigenvalue weighted by atomic mass is 10.0. The summed E-state index contributed by atoms with van der Waals surface area (Å²) in [6.45, 7) is 4.99. The van der Waals surface area contributed by atoms with E-state index < -0.39 is 0 Å². The predicted octanol–water partition coefficient (Wildman–Crippen LogP) is 4.56. The van der Waals surface area contributed by atoms with E-state index in [0.29, 0.717) is 25.1 Å². The number of anilines is 1. The van der Waals surface area contributed by atoms with Gasteiger partial charge in [0.15, 0.2) is 11.5 Å². The van der Waals surface area contributed by atoms with Crippen LogP contribution >= 0.6 is 0 Å². The molecule has 1 unspecified atom stereocenters. The van der Waals surface area contributed by atoms with Crippen molar-refractivity contribution in [2.45, 2.75) is 58.5 Å². The van der Waals surface area contributed by atoms with Gasteiger partial charge in [-0.2, -0.15) is 4.98 Å². The number of ether oxygens (including phenoxy) is 2. The number of aliphatic hydroxyl groups is 1. The maximum absolute atomic E-state index is 9.34. The molecule has 0 saturated heterocycles. The summed E-state index contributed by atoms with van der Waals surface area (Å²) in [6.07, 6.45) is 6.61. The van der Waals surface area contributed by atoms with Gasteiger partial charge < -0.3 is 20.3 Å². The van der Waals surface area contributed by atoms with Gasteiger partial charge in [-0.25, -0.2) is 9.50 Å². The number of fused-ring (bicyclic) bond motifs is 2. The summed E-state index contributed by atoms with van der Waals surface area (Å²) in [5.74, 6) is 1.17. The highest BCUT2D eigenvalue weighted by atomic mass is 16.5. The Kier molecular flexibility index (Phi) is 7.80. The van der Waals surface area contributed by atoms with Crippen LogP contribution in [0, 0.1) is 0 Å². The van der Waals surface area contributed by atoms with Crippen LogP contribution in [-0.2, 0) is 6.42 Å². The second-order valence-electron chi connectivity index (χ2n) is 8.45. The highest BCUT2D eigenvalue weighted by Crippen LogP contribution is 2.30. The number of rotatable bonds is 12. The van der Waals surface area contributed by atoms with Crippen LogP contribution in [0.2, 0.25) is 0 Å². The number of unbranched alkanes of at least 4 members (excludes halogenated alkanes) is 1. The van der Waals surface area contributed by atoms with E-state index >= 15 is 0 Å². The van der Waals surface area contributed by atoms with Crippen molar-refractivity contribution >= 4 is 22.2 Å². The average molecular weight is 464 g/mol. The highest BCUT2D eigenvalue weighted by molar-refractivity contribution is 5.91. The van der Waals surface area contributed by atoms with E-state index in [-0.39, 0.29) is 24.5 Å². The first-order chi connectivity index (χ1) is 16.6. The van der Waals surface area contributed by atoms with Crippen LogP contribution in [0.25, 0.3) is 16.4 Å². The van der Waals surface area contributed by atoms with E-state index in [2.05, 4.69) is 47.1 Å². The molecule has 2 aromatic carbocycles. The third-order valence-electron chi connectivity index (χ3n) is 5.87. The van der Waals surface area contributed by atoms with E-state index in [0.717, 1.165) is 53.5 Å². The minimum atomic E-state index is -0.164. The molecule has 0 saturated carbocycles. The van der Waals surface area contributed by atoms with Gasteiger partial charge in [-0.3, -0.25) is 0 Å². The maximum Gasteiger partial charge on any atom is 0.336 e. The molecule has 0 amide bonds. The maximum atomic E-state index is 9.34. The minimum Gasteiger partial charge on any atom is -0.493 e. The molecule has 8 nitrogen and oxygen atoms in total. The van der Waals surface area contributed by atoms with Gasteiger partial charge in [0.1, 0.15) is 11.9 Å². The molecule has 0 aliphatic carbocycles. The van der Waals surface area contributed by atoms with Crippen LogP contribution in [0.3, 0.4) is 0 Å². The first-order valence-electron chi connectivity index (χ1n) is 12.1. The molecule has 2 heterocycles. The molecule has 0 spiro atoms. The molecule has 4 aromatic rings. The number of nitrogen functional groups attached to an aromatic ring is 1. The average Bonchev–Trinajstić information content (AvgIpc) is 3.24. The van der Waals surface area contributed by atoms with Crippen molar-refractivity contribution in [2.24, 2.45) is 0 Å². The minimum absolute atomic E-state index is 0.0456. The molecule has 0 aliphatic rings. The summed E-state index contributed by atoms with van der Waals surface area (Å²) in [5.41, 5.74) is 8.70. The van der Waals surface area contributed by atoms with Gasteiger partial charge in [-0.1, -0.05) is 57.0 Å². The molecule has 0 radical (unpaired) electrons. The van der Waals surface area contributed by atoms with Crippen molar-refractivity contribution in [3.63, 3.8) is 0 Å². The number of nitrogens with two attached hydrogens (primary N) is 1. The lowest BCUT2D eigenvalue weighted by Gasteiger charge is -2.16. The second-order valence-corrected chi connectivity index (χ2v) is 8.45. The third kappa shape index (κ3) is 5.22. The number of nitrogens with zero attached hydrogens (tertiary/aromatic N) is 4. The van der Waals surface area contributed by atoms with Gasteiger partial charge in [0.25, 0.3) is 0 Å². The molecule has 34 heavy (non-hydrogen) atoms. The van der Waals surface area contributed by atoms with Crippen molar-refractivity contribution in [1.29, 1.82) is 0 Å². The van der Waals surface area contributed by atoms with Gasteiger partial charge >= 0.3 is 6.01 Å². The van der Waals surface area contributed by atoms with Gasteiger partial charge in [0.2, 0.25) is 0 Å². The Bertz CT molecular complexity index is 1230. The summed E-state index contributed by atoms with van der Waals surface area (Å²) in [4.78, 5) is 8.73. The lowest BCUT2D eigenvalue weighted by molar-refractivity contribution is 0.133. The lowest BCUT2D eigenvalue weighted by Crippen LogP contribution is -2.20. The third-order valence-corrected chi connectivity index (χ3v) is 5.87. The van der Waals surface area contributed by atoms with Crippen LogP contribution in [0.4, 0.5) is 5.82 Å². The van der Waals surface area contributed by atoms with Crippen molar-refractivity contribution in [3.05, 3.63) is 53.9 Å². The van der Waals surface area contributed by atoms with E-state index in [9.17, 15) is 5.11 Å². The number of imidazole rings is 1. The predicted molar refractivity (Wildman–Crippen MR) is 133 cm³/mol. The van der Waals surface area contributed by atoms with E-state index in [1.54, 1.807) is 10.7 Å². The number of aliphatic hydroxyl groups excluding tert-OH is 1. The monoisotopic (exact) mass is 463 g/mol. The molecule has 1 atom stereocenters. The SMILES string of the molecule is CCCCOc1ccc(Cc2cnc3c(N)nc(OC(CCC)CCO)nn23)c2ccccc12. The van der Waals surface area contributed by atoms with Gasteiger partial charge in [-0.15, -0.1) is 5.10 Å². The highest BCUT2D eigenvalue weighted by Gasteiger charge is 2.17. The van der Waals surface area contributed by atoms with Crippen LogP contribution in [0.5, 0.6) is 11.8 Å². The van der Waals surface area contributed by atoms with Crippen molar-refractivity contribution in [1.82, 2.24) is 19.6 Å². The summed E-state index contributed by atoms with van der Waals surface area (Å²) < 4.78 is 13.7. The standard InChI is InChI=1S/C26H33N5O3/c1-3-5-15-33-23-12-11-18(21-9-6-7-10-22(21)23)16-19-17-28-25-24(27)29-26(30-31(19)25)34-20(8-4-2)13-14-32/h6-7,9-12,17,20,32H,3-5,8,13-16H2,1-2H3,(H2,27,29,30). The van der Waals surface area contributed by atoms with Gasteiger partial charge in [0, 0.05) is 24.8 Å². The largest absolute Gasteiger partial charge is 0.493 e. The summed E-state index contributed by atoms with van der Waals surface area (Å²) in [6, 6.07) is 12.6. The normalized spacial score (nSPS) is 12.3. The van der Waals surface area contributed by atoms with Crippen LogP contribution in [0.15, 0.2) is 42.6 Å². The van der Waals surface area contributed by atoms with E-state index in [4.69, 9.17) is 15.2 Å². The van der Waals surface area contributed by atoms with Gasteiger partial charge in [0.05, 0.1) is 18.5 Å². The van der Waals surface area contributed by atoms with Crippen LogP contribution < -0.4 is 15.2 Å². The first kappa shape index (κ1) is 23.8. The Hall–Kier alpha value is -3.39. The topological polar surface area (TPSA) is 108 Å². The molecule has 8 heteroatoms. The number of hydrogen-bond donors (Lipinski definition) is 2. The fourth-order valence-corrected chi connectivity index (χ4v) is 4.11. The molecular formula is C26H33N5O3. The Morgan fingerprint density at radius 2 is 1.88 bits per heavy atom. The fourth-order valence-electron chi connectivity index (χ4n) is 4.11. The smallest absolute Gasteiger partial charge is 0.336 e.